The Bertz CT molecular complexity index is 262. The molecule has 15 heavy (non-hydrogen) atoms. The second-order valence-electron chi connectivity index (χ2n) is 5.25. The van der Waals surface area contributed by atoms with E-state index in [9.17, 15) is 0 Å². The molecule has 2 saturated heterocycles. The third kappa shape index (κ3) is 2.27. The summed E-state index contributed by atoms with van der Waals surface area (Å²) in [6.45, 7) is 8.37. The summed E-state index contributed by atoms with van der Waals surface area (Å²) in [4.78, 5) is 0. The van der Waals surface area contributed by atoms with E-state index in [1.54, 1.807) is 0 Å². The predicted octanol–water partition coefficient (Wildman–Crippen LogP) is 2.68. The zero-order valence-electron chi connectivity index (χ0n) is 10.0. The van der Waals surface area contributed by atoms with Gasteiger partial charge in [-0.3, -0.25) is 0 Å². The van der Waals surface area contributed by atoms with Gasteiger partial charge in [0, 0.05) is 5.75 Å². The molecule has 0 radical (unpaired) electrons. The maximum atomic E-state index is 5.92. The molecule has 2 aliphatic rings. The molecular formula is C11H19BO2S. The van der Waals surface area contributed by atoms with Gasteiger partial charge in [-0.15, -0.1) is 0 Å². The van der Waals surface area contributed by atoms with E-state index in [0.717, 1.165) is 5.75 Å². The van der Waals surface area contributed by atoms with Crippen molar-refractivity contribution in [2.45, 2.75) is 45.3 Å². The van der Waals surface area contributed by atoms with Crippen LogP contribution in [0.5, 0.6) is 0 Å². The molecule has 0 atom stereocenters. The van der Waals surface area contributed by atoms with Crippen molar-refractivity contribution >= 4 is 18.9 Å². The van der Waals surface area contributed by atoms with E-state index >= 15 is 0 Å². The van der Waals surface area contributed by atoms with E-state index < -0.39 is 0 Å². The van der Waals surface area contributed by atoms with Crippen molar-refractivity contribution in [1.82, 2.24) is 0 Å². The number of hydrogen-bond acceptors (Lipinski definition) is 3. The van der Waals surface area contributed by atoms with Crippen LogP contribution in [0.15, 0.2) is 11.5 Å². The fraction of sp³-hybridized carbons (Fsp3) is 0.818. The third-order valence-corrected chi connectivity index (χ3v) is 4.57. The maximum absolute atomic E-state index is 5.92. The number of rotatable bonds is 1. The second kappa shape index (κ2) is 3.83. The molecule has 2 rings (SSSR count). The molecule has 0 aromatic heterocycles. The Morgan fingerprint density at radius 2 is 1.80 bits per heavy atom. The lowest BCUT2D eigenvalue weighted by Crippen LogP contribution is -2.41. The van der Waals surface area contributed by atoms with Crippen molar-refractivity contribution in [3.63, 3.8) is 0 Å². The predicted molar refractivity (Wildman–Crippen MR) is 66.1 cm³/mol. The van der Waals surface area contributed by atoms with E-state index in [1.165, 1.54) is 17.7 Å². The largest absolute Gasteiger partial charge is 0.487 e. The fourth-order valence-electron chi connectivity index (χ4n) is 1.76. The summed E-state index contributed by atoms with van der Waals surface area (Å²) in [6.07, 6.45) is 1.19. The van der Waals surface area contributed by atoms with Crippen LogP contribution >= 0.6 is 11.8 Å². The Balaban J connectivity index is 2.06. The minimum atomic E-state index is -0.208. The van der Waals surface area contributed by atoms with Crippen molar-refractivity contribution in [3.8, 4) is 0 Å². The molecule has 0 aliphatic carbocycles. The molecule has 0 spiro atoms. The average Bonchev–Trinajstić information content (AvgIpc) is 2.59. The normalized spacial score (nSPS) is 31.5. The van der Waals surface area contributed by atoms with Crippen LogP contribution in [0, 0.1) is 0 Å². The van der Waals surface area contributed by atoms with Gasteiger partial charge in [-0.2, -0.15) is 11.8 Å². The smallest absolute Gasteiger partial charge is 0.400 e. The summed E-state index contributed by atoms with van der Waals surface area (Å²) >= 11 is 1.99. The molecule has 0 unspecified atom stereocenters. The van der Waals surface area contributed by atoms with Crippen LogP contribution in [-0.2, 0) is 9.31 Å². The van der Waals surface area contributed by atoms with Gasteiger partial charge in [0.2, 0.25) is 0 Å². The molecule has 0 saturated carbocycles. The molecule has 2 heterocycles. The van der Waals surface area contributed by atoms with Crippen LogP contribution < -0.4 is 0 Å². The summed E-state index contributed by atoms with van der Waals surface area (Å²) in [6, 6.07) is 0. The van der Waals surface area contributed by atoms with Crippen LogP contribution in [0.3, 0.4) is 0 Å². The van der Waals surface area contributed by atoms with Gasteiger partial charge in [0.05, 0.1) is 11.2 Å². The topological polar surface area (TPSA) is 18.5 Å². The minimum Gasteiger partial charge on any atom is -0.400 e. The van der Waals surface area contributed by atoms with Gasteiger partial charge in [-0.25, -0.2) is 0 Å². The highest BCUT2D eigenvalue weighted by molar-refractivity contribution is 7.99. The lowest BCUT2D eigenvalue weighted by atomic mass is 9.87. The highest BCUT2D eigenvalue weighted by Gasteiger charge is 2.50. The lowest BCUT2D eigenvalue weighted by molar-refractivity contribution is 0.00578. The molecule has 4 heteroatoms. The van der Waals surface area contributed by atoms with Gasteiger partial charge < -0.3 is 9.31 Å². The second-order valence-corrected chi connectivity index (χ2v) is 6.36. The first-order chi connectivity index (χ1) is 6.91. The first kappa shape index (κ1) is 11.6. The van der Waals surface area contributed by atoms with Crippen LogP contribution in [-0.4, -0.2) is 29.8 Å². The molecule has 84 valence electrons. The van der Waals surface area contributed by atoms with Gasteiger partial charge in [0.25, 0.3) is 0 Å². The summed E-state index contributed by atoms with van der Waals surface area (Å²) in [7, 11) is -0.149. The van der Waals surface area contributed by atoms with Gasteiger partial charge >= 0.3 is 7.12 Å². The number of hydrogen-bond donors (Lipinski definition) is 0. The van der Waals surface area contributed by atoms with Crippen molar-refractivity contribution in [3.05, 3.63) is 11.5 Å². The molecule has 0 bridgehead atoms. The Labute approximate surface area is 96.9 Å². The van der Waals surface area contributed by atoms with E-state index in [-0.39, 0.29) is 18.3 Å². The molecule has 0 aromatic carbocycles. The van der Waals surface area contributed by atoms with Gasteiger partial charge in [0.15, 0.2) is 0 Å². The minimum absolute atomic E-state index is 0.149. The summed E-state index contributed by atoms with van der Waals surface area (Å²) in [5.74, 6) is 4.55. The van der Waals surface area contributed by atoms with Crippen molar-refractivity contribution in [2.24, 2.45) is 0 Å². The van der Waals surface area contributed by atoms with E-state index in [0.29, 0.717) is 0 Å². The first-order valence-corrected chi connectivity index (χ1v) is 6.69. The van der Waals surface area contributed by atoms with E-state index in [2.05, 4.69) is 33.7 Å². The Kier molecular flexibility index (Phi) is 2.95. The van der Waals surface area contributed by atoms with Crippen LogP contribution in [0.25, 0.3) is 0 Å². The molecule has 0 N–H and O–H groups in total. The molecule has 0 aromatic rings. The summed E-state index contributed by atoms with van der Waals surface area (Å²) in [5, 5.41) is 0. The van der Waals surface area contributed by atoms with E-state index in [1.807, 2.05) is 11.8 Å². The Morgan fingerprint density at radius 3 is 2.27 bits per heavy atom. The van der Waals surface area contributed by atoms with Crippen LogP contribution in [0.2, 0.25) is 0 Å². The lowest BCUT2D eigenvalue weighted by Gasteiger charge is -2.32. The average molecular weight is 226 g/mol. The molecule has 0 amide bonds. The Morgan fingerprint density at radius 1 is 1.20 bits per heavy atom. The monoisotopic (exact) mass is 226 g/mol. The molecular weight excluding hydrogens is 207 g/mol. The standard InChI is InChI=1S/C11H19BO2S/c1-10(2)11(3,4)14-12(13-10)7-9-5-6-15-8-9/h7H,5-6,8H2,1-4H3/b9-7-. The third-order valence-electron chi connectivity index (χ3n) is 3.50. The van der Waals surface area contributed by atoms with Crippen molar-refractivity contribution < 1.29 is 9.31 Å². The quantitative estimate of drug-likeness (QED) is 0.640. The van der Waals surface area contributed by atoms with E-state index in [4.69, 9.17) is 9.31 Å². The van der Waals surface area contributed by atoms with Crippen LogP contribution in [0.4, 0.5) is 0 Å². The summed E-state index contributed by atoms with van der Waals surface area (Å²) < 4.78 is 11.8. The fourth-order valence-corrected chi connectivity index (χ4v) is 2.81. The van der Waals surface area contributed by atoms with Crippen LogP contribution in [0.1, 0.15) is 34.1 Å². The zero-order valence-corrected chi connectivity index (χ0v) is 10.8. The van der Waals surface area contributed by atoms with Crippen molar-refractivity contribution in [1.29, 1.82) is 0 Å². The van der Waals surface area contributed by atoms with Gasteiger partial charge in [0.1, 0.15) is 0 Å². The maximum Gasteiger partial charge on any atom is 0.487 e. The molecule has 2 aliphatic heterocycles. The highest BCUT2D eigenvalue weighted by Crippen LogP contribution is 2.37. The highest BCUT2D eigenvalue weighted by atomic mass is 32.2. The molecule has 2 nitrogen and oxygen atoms in total. The number of thioether (sulfide) groups is 1. The molecule has 2 fully saturated rings. The summed E-state index contributed by atoms with van der Waals surface area (Å²) in [5.41, 5.74) is 1.06. The van der Waals surface area contributed by atoms with Gasteiger partial charge in [-0.05, 0) is 39.9 Å². The van der Waals surface area contributed by atoms with Gasteiger partial charge in [-0.1, -0.05) is 11.5 Å². The zero-order chi connectivity index (χ0) is 11.1. The SMILES string of the molecule is CC1(C)OB(/C=C2/CCSC2)OC1(C)C. The Hall–Kier alpha value is 0.0749. The van der Waals surface area contributed by atoms with Crippen molar-refractivity contribution in [2.75, 3.05) is 11.5 Å². The first-order valence-electron chi connectivity index (χ1n) is 5.54.